The molecule has 3 amide bonds. The standard InChI is InChI=1S/C19H29N3O3/c1-12(2)10-16(19(25)22(13(3)4)11-17(20)23)21-18(24)15-9-7-6-8-14(15)5/h6-9,12-13,16H,10-11H2,1-5H3,(H2,20,23)(H,21,24). The van der Waals surface area contributed by atoms with Crippen LogP contribution in [0.25, 0.3) is 0 Å². The van der Waals surface area contributed by atoms with Crippen LogP contribution in [0, 0.1) is 12.8 Å². The number of nitrogens with one attached hydrogen (secondary N) is 1. The number of nitrogens with zero attached hydrogens (tertiary/aromatic N) is 1. The minimum absolute atomic E-state index is 0.161. The fourth-order valence-corrected chi connectivity index (χ4v) is 2.64. The molecule has 1 unspecified atom stereocenters. The molecule has 0 aliphatic heterocycles. The van der Waals surface area contributed by atoms with E-state index in [9.17, 15) is 14.4 Å². The number of benzene rings is 1. The smallest absolute Gasteiger partial charge is 0.252 e. The van der Waals surface area contributed by atoms with Crippen LogP contribution < -0.4 is 11.1 Å². The lowest BCUT2D eigenvalue weighted by Crippen LogP contribution is -2.53. The normalized spacial score (nSPS) is 12.1. The van der Waals surface area contributed by atoms with Gasteiger partial charge in [0.15, 0.2) is 0 Å². The highest BCUT2D eigenvalue weighted by Gasteiger charge is 2.29. The molecule has 1 atom stereocenters. The highest BCUT2D eigenvalue weighted by molar-refractivity contribution is 5.99. The highest BCUT2D eigenvalue weighted by atomic mass is 16.2. The zero-order chi connectivity index (χ0) is 19.1. The third kappa shape index (κ3) is 6.21. The van der Waals surface area contributed by atoms with Gasteiger partial charge in [0, 0.05) is 11.6 Å². The van der Waals surface area contributed by atoms with E-state index in [4.69, 9.17) is 5.73 Å². The van der Waals surface area contributed by atoms with E-state index in [2.05, 4.69) is 5.32 Å². The van der Waals surface area contributed by atoms with Crippen LogP contribution >= 0.6 is 0 Å². The summed E-state index contributed by atoms with van der Waals surface area (Å²) in [5.74, 6) is -0.950. The number of carbonyl (C=O) groups is 3. The summed E-state index contributed by atoms with van der Waals surface area (Å²) < 4.78 is 0. The molecular weight excluding hydrogens is 318 g/mol. The number of hydrogen-bond donors (Lipinski definition) is 2. The van der Waals surface area contributed by atoms with Gasteiger partial charge in [-0.2, -0.15) is 0 Å². The van der Waals surface area contributed by atoms with Crippen molar-refractivity contribution in [3.8, 4) is 0 Å². The average Bonchev–Trinajstić information content (AvgIpc) is 2.50. The largest absolute Gasteiger partial charge is 0.368 e. The molecule has 0 aliphatic rings. The summed E-state index contributed by atoms with van der Waals surface area (Å²) in [6, 6.07) is 6.33. The van der Waals surface area contributed by atoms with Crippen molar-refractivity contribution in [2.75, 3.05) is 6.54 Å². The van der Waals surface area contributed by atoms with Crippen LogP contribution in [-0.2, 0) is 9.59 Å². The van der Waals surface area contributed by atoms with Crippen molar-refractivity contribution in [2.45, 2.75) is 53.1 Å². The van der Waals surface area contributed by atoms with Crippen LogP contribution in [0.5, 0.6) is 0 Å². The predicted molar refractivity (Wildman–Crippen MR) is 97.9 cm³/mol. The summed E-state index contributed by atoms with van der Waals surface area (Å²) in [7, 11) is 0. The van der Waals surface area contributed by atoms with Crippen LogP contribution in [0.15, 0.2) is 24.3 Å². The number of rotatable bonds is 8. The number of aryl methyl sites for hydroxylation is 1. The number of amides is 3. The molecule has 0 aliphatic carbocycles. The van der Waals surface area contributed by atoms with Gasteiger partial charge < -0.3 is 16.0 Å². The van der Waals surface area contributed by atoms with Gasteiger partial charge in [0.25, 0.3) is 5.91 Å². The third-order valence-electron chi connectivity index (χ3n) is 3.93. The van der Waals surface area contributed by atoms with Crippen molar-refractivity contribution in [2.24, 2.45) is 11.7 Å². The van der Waals surface area contributed by atoms with Gasteiger partial charge in [0.1, 0.15) is 6.04 Å². The van der Waals surface area contributed by atoms with Gasteiger partial charge in [-0.15, -0.1) is 0 Å². The number of hydrogen-bond acceptors (Lipinski definition) is 3. The maximum absolute atomic E-state index is 12.9. The highest BCUT2D eigenvalue weighted by Crippen LogP contribution is 2.13. The van der Waals surface area contributed by atoms with Gasteiger partial charge in [0.2, 0.25) is 11.8 Å². The minimum Gasteiger partial charge on any atom is -0.368 e. The second-order valence-corrected chi connectivity index (χ2v) is 7.00. The maximum Gasteiger partial charge on any atom is 0.252 e. The van der Waals surface area contributed by atoms with Gasteiger partial charge in [-0.3, -0.25) is 14.4 Å². The quantitative estimate of drug-likeness (QED) is 0.752. The average molecular weight is 347 g/mol. The van der Waals surface area contributed by atoms with Crippen molar-refractivity contribution in [1.82, 2.24) is 10.2 Å². The molecule has 0 bridgehead atoms. The Morgan fingerprint density at radius 3 is 2.20 bits per heavy atom. The van der Waals surface area contributed by atoms with Crippen molar-refractivity contribution in [3.63, 3.8) is 0 Å². The minimum atomic E-state index is -0.700. The van der Waals surface area contributed by atoms with Crippen LogP contribution in [0.1, 0.15) is 50.0 Å². The third-order valence-corrected chi connectivity index (χ3v) is 3.93. The molecule has 0 saturated heterocycles. The lowest BCUT2D eigenvalue weighted by atomic mass is 10.0. The molecule has 6 heteroatoms. The first-order valence-electron chi connectivity index (χ1n) is 8.58. The Balaban J connectivity index is 3.03. The van der Waals surface area contributed by atoms with Crippen molar-refractivity contribution in [3.05, 3.63) is 35.4 Å². The van der Waals surface area contributed by atoms with Gasteiger partial charge in [0.05, 0.1) is 6.54 Å². The molecule has 0 radical (unpaired) electrons. The topological polar surface area (TPSA) is 92.5 Å². The number of carbonyl (C=O) groups excluding carboxylic acids is 3. The fraction of sp³-hybridized carbons (Fsp3) is 0.526. The van der Waals surface area contributed by atoms with E-state index >= 15 is 0 Å². The van der Waals surface area contributed by atoms with Gasteiger partial charge >= 0.3 is 0 Å². The Bertz CT molecular complexity index is 626. The van der Waals surface area contributed by atoms with Gasteiger partial charge in [-0.25, -0.2) is 0 Å². The van der Waals surface area contributed by atoms with Gasteiger partial charge in [-0.1, -0.05) is 32.0 Å². The Labute approximate surface area is 149 Å². The van der Waals surface area contributed by atoms with E-state index in [-0.39, 0.29) is 30.3 Å². The molecule has 0 saturated carbocycles. The molecule has 1 aromatic carbocycles. The zero-order valence-electron chi connectivity index (χ0n) is 15.7. The van der Waals surface area contributed by atoms with Crippen LogP contribution in [0.3, 0.4) is 0 Å². The van der Waals surface area contributed by atoms with Gasteiger partial charge in [-0.05, 0) is 44.7 Å². The molecule has 25 heavy (non-hydrogen) atoms. The summed E-state index contributed by atoms with van der Waals surface area (Å²) in [5.41, 5.74) is 6.64. The van der Waals surface area contributed by atoms with E-state index in [1.54, 1.807) is 12.1 Å². The summed E-state index contributed by atoms with van der Waals surface area (Å²) in [6.07, 6.45) is 0.485. The first-order valence-corrected chi connectivity index (χ1v) is 8.58. The molecule has 0 aromatic heterocycles. The number of nitrogens with two attached hydrogens (primary N) is 1. The lowest BCUT2D eigenvalue weighted by Gasteiger charge is -2.31. The summed E-state index contributed by atoms with van der Waals surface area (Å²) in [6.45, 7) is 9.28. The van der Waals surface area contributed by atoms with Crippen molar-refractivity contribution >= 4 is 17.7 Å². The molecule has 0 spiro atoms. The Morgan fingerprint density at radius 2 is 1.72 bits per heavy atom. The summed E-state index contributed by atoms with van der Waals surface area (Å²) in [5, 5.41) is 2.83. The van der Waals surface area contributed by atoms with Crippen LogP contribution in [0.2, 0.25) is 0 Å². The molecule has 3 N–H and O–H groups in total. The van der Waals surface area contributed by atoms with E-state index in [0.29, 0.717) is 12.0 Å². The maximum atomic E-state index is 12.9. The summed E-state index contributed by atoms with van der Waals surface area (Å²) in [4.78, 5) is 38.2. The van der Waals surface area contributed by atoms with E-state index in [1.165, 1.54) is 4.90 Å². The SMILES string of the molecule is Cc1ccccc1C(=O)NC(CC(C)C)C(=O)N(CC(N)=O)C(C)C. The van der Waals surface area contributed by atoms with E-state index in [0.717, 1.165) is 5.56 Å². The monoisotopic (exact) mass is 347 g/mol. The fourth-order valence-electron chi connectivity index (χ4n) is 2.64. The Morgan fingerprint density at radius 1 is 1.12 bits per heavy atom. The zero-order valence-corrected chi connectivity index (χ0v) is 15.7. The molecule has 0 fully saturated rings. The Hall–Kier alpha value is -2.37. The van der Waals surface area contributed by atoms with Crippen LogP contribution in [-0.4, -0.2) is 41.2 Å². The van der Waals surface area contributed by atoms with E-state index < -0.39 is 11.9 Å². The second kappa shape index (κ2) is 9.20. The molecular formula is C19H29N3O3. The molecule has 1 aromatic rings. The predicted octanol–water partition coefficient (Wildman–Crippen LogP) is 1.86. The lowest BCUT2D eigenvalue weighted by molar-refractivity contribution is -0.138. The summed E-state index contributed by atoms with van der Waals surface area (Å²) >= 11 is 0. The first-order chi connectivity index (χ1) is 11.6. The van der Waals surface area contributed by atoms with Crippen molar-refractivity contribution < 1.29 is 14.4 Å². The second-order valence-electron chi connectivity index (χ2n) is 7.00. The molecule has 6 nitrogen and oxygen atoms in total. The Kier molecular flexibility index (Phi) is 7.61. The van der Waals surface area contributed by atoms with Crippen molar-refractivity contribution in [1.29, 1.82) is 0 Å². The molecule has 0 heterocycles. The van der Waals surface area contributed by atoms with E-state index in [1.807, 2.05) is 46.8 Å². The molecule has 138 valence electrons. The molecule has 1 rings (SSSR count). The van der Waals surface area contributed by atoms with Crippen LogP contribution in [0.4, 0.5) is 0 Å². The first kappa shape index (κ1) is 20.7. The number of primary amides is 1.